The molecule has 1 aliphatic rings. The first-order valence-electron chi connectivity index (χ1n) is 6.31. The number of rotatable bonds is 4. The van der Waals surface area contributed by atoms with Crippen LogP contribution in [0.2, 0.25) is 0 Å². The van der Waals surface area contributed by atoms with Crippen LogP contribution in [0.3, 0.4) is 0 Å². The maximum absolute atomic E-state index is 12.2. The van der Waals surface area contributed by atoms with Crippen molar-refractivity contribution in [3.05, 3.63) is 0 Å². The van der Waals surface area contributed by atoms with Crippen LogP contribution in [0.4, 0.5) is 0 Å². The van der Waals surface area contributed by atoms with Crippen molar-refractivity contribution in [1.29, 1.82) is 0 Å². The van der Waals surface area contributed by atoms with Crippen LogP contribution in [0.5, 0.6) is 0 Å². The van der Waals surface area contributed by atoms with Crippen molar-refractivity contribution < 1.29 is 9.59 Å². The molecule has 2 amide bonds. The maximum atomic E-state index is 12.2. The number of hydrogen-bond donors (Lipinski definition) is 2. The van der Waals surface area contributed by atoms with Gasteiger partial charge in [-0.3, -0.25) is 9.59 Å². The first-order chi connectivity index (χ1) is 8.08. The van der Waals surface area contributed by atoms with Crippen molar-refractivity contribution in [2.45, 2.75) is 32.7 Å². The molecule has 0 aromatic carbocycles. The topological polar surface area (TPSA) is 61.4 Å². The van der Waals surface area contributed by atoms with Gasteiger partial charge >= 0.3 is 0 Å². The summed E-state index contributed by atoms with van der Waals surface area (Å²) in [5.74, 6) is 0.496. The van der Waals surface area contributed by atoms with E-state index in [1.54, 1.807) is 11.9 Å². The fourth-order valence-electron chi connectivity index (χ4n) is 2.11. The number of carbonyl (C=O) groups excluding carboxylic acids is 2. The van der Waals surface area contributed by atoms with E-state index in [-0.39, 0.29) is 24.4 Å². The Morgan fingerprint density at radius 2 is 2.18 bits per heavy atom. The van der Waals surface area contributed by atoms with Gasteiger partial charge in [0.25, 0.3) is 0 Å². The second-order valence-electron chi connectivity index (χ2n) is 4.66. The quantitative estimate of drug-likeness (QED) is 0.726. The summed E-state index contributed by atoms with van der Waals surface area (Å²) < 4.78 is 0. The van der Waals surface area contributed by atoms with Gasteiger partial charge in [0, 0.05) is 13.6 Å². The summed E-state index contributed by atoms with van der Waals surface area (Å²) in [6.07, 6.45) is 1.98. The monoisotopic (exact) mass is 241 g/mol. The van der Waals surface area contributed by atoms with Crippen molar-refractivity contribution in [3.8, 4) is 0 Å². The summed E-state index contributed by atoms with van der Waals surface area (Å²) in [5.41, 5.74) is 0. The maximum Gasteiger partial charge on any atom is 0.240 e. The molecule has 0 aromatic heterocycles. The smallest absolute Gasteiger partial charge is 0.240 e. The molecule has 2 unspecified atom stereocenters. The van der Waals surface area contributed by atoms with E-state index in [1.807, 2.05) is 6.92 Å². The molecule has 1 heterocycles. The van der Waals surface area contributed by atoms with E-state index in [0.29, 0.717) is 12.5 Å². The first kappa shape index (κ1) is 14.0. The van der Waals surface area contributed by atoms with Gasteiger partial charge in [0.15, 0.2) is 0 Å². The van der Waals surface area contributed by atoms with Crippen LogP contribution in [-0.2, 0) is 9.59 Å². The lowest BCUT2D eigenvalue weighted by Gasteiger charge is -2.31. The van der Waals surface area contributed by atoms with Crippen LogP contribution in [-0.4, -0.2) is 49.4 Å². The minimum Gasteiger partial charge on any atom is -0.358 e. The minimum absolute atomic E-state index is 0.0441. The molecule has 0 bridgehead atoms. The molecule has 98 valence electrons. The molecule has 0 saturated carbocycles. The average molecular weight is 241 g/mol. The highest BCUT2D eigenvalue weighted by Gasteiger charge is 2.28. The van der Waals surface area contributed by atoms with Crippen molar-refractivity contribution in [3.63, 3.8) is 0 Å². The standard InChI is InChI=1S/C12H23N3O2/c1-4-15(8-11(16)13-3)12(17)10-7-9(2)5-6-14-10/h9-10,14H,4-8H2,1-3H3,(H,13,16). The molecule has 1 fully saturated rings. The van der Waals surface area contributed by atoms with E-state index in [0.717, 1.165) is 19.4 Å². The van der Waals surface area contributed by atoms with Crippen LogP contribution >= 0.6 is 0 Å². The second-order valence-corrected chi connectivity index (χ2v) is 4.66. The molecule has 0 aromatic rings. The predicted molar refractivity (Wildman–Crippen MR) is 66.5 cm³/mol. The first-order valence-corrected chi connectivity index (χ1v) is 6.31. The molecule has 1 rings (SSSR count). The Morgan fingerprint density at radius 3 is 2.71 bits per heavy atom. The fraction of sp³-hybridized carbons (Fsp3) is 0.833. The van der Waals surface area contributed by atoms with Gasteiger partial charge < -0.3 is 15.5 Å². The highest BCUT2D eigenvalue weighted by molar-refractivity contribution is 5.87. The second kappa shape index (κ2) is 6.59. The molecule has 0 radical (unpaired) electrons. The van der Waals surface area contributed by atoms with Crippen molar-refractivity contribution in [1.82, 2.24) is 15.5 Å². The number of hydrogen-bond acceptors (Lipinski definition) is 3. The van der Waals surface area contributed by atoms with Gasteiger partial charge in [-0.2, -0.15) is 0 Å². The fourth-order valence-corrected chi connectivity index (χ4v) is 2.11. The number of likely N-dealkylation sites (N-methyl/N-ethyl adjacent to an activating group) is 2. The van der Waals surface area contributed by atoms with E-state index in [1.165, 1.54) is 0 Å². The highest BCUT2D eigenvalue weighted by Crippen LogP contribution is 2.16. The van der Waals surface area contributed by atoms with Gasteiger partial charge in [-0.25, -0.2) is 0 Å². The Bertz CT molecular complexity index is 281. The Balaban J connectivity index is 2.55. The summed E-state index contributed by atoms with van der Waals surface area (Å²) in [4.78, 5) is 25.1. The van der Waals surface area contributed by atoms with Crippen LogP contribution in [0.25, 0.3) is 0 Å². The zero-order chi connectivity index (χ0) is 12.8. The number of carbonyl (C=O) groups is 2. The molecule has 0 aliphatic carbocycles. The molecule has 2 N–H and O–H groups in total. The van der Waals surface area contributed by atoms with Gasteiger partial charge in [-0.15, -0.1) is 0 Å². The number of piperidine rings is 1. The third-order valence-corrected chi connectivity index (χ3v) is 3.27. The minimum atomic E-state index is -0.122. The highest BCUT2D eigenvalue weighted by atomic mass is 16.2. The van der Waals surface area contributed by atoms with Crippen LogP contribution in [0.15, 0.2) is 0 Å². The van der Waals surface area contributed by atoms with E-state index < -0.39 is 0 Å². The molecular weight excluding hydrogens is 218 g/mol. The normalized spacial score (nSPS) is 24.2. The lowest BCUT2D eigenvalue weighted by atomic mass is 9.93. The average Bonchev–Trinajstić information content (AvgIpc) is 2.34. The Hall–Kier alpha value is -1.10. The van der Waals surface area contributed by atoms with Gasteiger partial charge in [-0.1, -0.05) is 6.92 Å². The van der Waals surface area contributed by atoms with Gasteiger partial charge in [0.05, 0.1) is 12.6 Å². The van der Waals surface area contributed by atoms with Crippen LogP contribution < -0.4 is 10.6 Å². The zero-order valence-electron chi connectivity index (χ0n) is 11.0. The van der Waals surface area contributed by atoms with Gasteiger partial charge in [0.1, 0.15) is 0 Å². The summed E-state index contributed by atoms with van der Waals surface area (Å²) in [6.45, 7) is 5.66. The summed E-state index contributed by atoms with van der Waals surface area (Å²) in [7, 11) is 1.58. The number of nitrogens with one attached hydrogen (secondary N) is 2. The molecule has 5 nitrogen and oxygen atoms in total. The molecule has 0 spiro atoms. The molecule has 1 aliphatic heterocycles. The summed E-state index contributed by atoms with van der Waals surface area (Å²) in [6, 6.07) is -0.122. The SMILES string of the molecule is CCN(CC(=O)NC)C(=O)C1CC(C)CCN1. The number of nitrogens with zero attached hydrogens (tertiary/aromatic N) is 1. The Morgan fingerprint density at radius 1 is 1.47 bits per heavy atom. The summed E-state index contributed by atoms with van der Waals surface area (Å²) >= 11 is 0. The Kier molecular flexibility index (Phi) is 5.41. The lowest BCUT2D eigenvalue weighted by Crippen LogP contribution is -2.51. The molecular formula is C12H23N3O2. The van der Waals surface area contributed by atoms with E-state index >= 15 is 0 Å². The van der Waals surface area contributed by atoms with Crippen LogP contribution in [0.1, 0.15) is 26.7 Å². The van der Waals surface area contributed by atoms with Gasteiger partial charge in [0.2, 0.25) is 11.8 Å². The van der Waals surface area contributed by atoms with Crippen molar-refractivity contribution >= 4 is 11.8 Å². The van der Waals surface area contributed by atoms with E-state index in [4.69, 9.17) is 0 Å². The number of amides is 2. The van der Waals surface area contributed by atoms with E-state index in [2.05, 4.69) is 17.6 Å². The predicted octanol–water partition coefficient (Wildman–Crippen LogP) is -0.0310. The summed E-state index contributed by atoms with van der Waals surface area (Å²) in [5, 5.41) is 5.78. The molecule has 5 heteroatoms. The van der Waals surface area contributed by atoms with Crippen molar-refractivity contribution in [2.75, 3.05) is 26.7 Å². The molecule has 17 heavy (non-hydrogen) atoms. The van der Waals surface area contributed by atoms with Crippen molar-refractivity contribution in [2.24, 2.45) is 5.92 Å². The lowest BCUT2D eigenvalue weighted by molar-refractivity contribution is -0.138. The van der Waals surface area contributed by atoms with Gasteiger partial charge in [-0.05, 0) is 32.2 Å². The zero-order valence-corrected chi connectivity index (χ0v) is 11.0. The third kappa shape index (κ3) is 4.00. The Labute approximate surface area is 103 Å². The largest absolute Gasteiger partial charge is 0.358 e. The van der Waals surface area contributed by atoms with Crippen LogP contribution in [0, 0.1) is 5.92 Å². The molecule has 2 atom stereocenters. The molecule has 1 saturated heterocycles. The van der Waals surface area contributed by atoms with E-state index in [9.17, 15) is 9.59 Å². The third-order valence-electron chi connectivity index (χ3n) is 3.27.